The fourth-order valence-corrected chi connectivity index (χ4v) is 4.42. The van der Waals surface area contributed by atoms with Crippen molar-refractivity contribution in [1.82, 2.24) is 35.1 Å². The maximum Gasteiger partial charge on any atom is 0.257 e. The highest BCUT2D eigenvalue weighted by molar-refractivity contribution is 5.80. The van der Waals surface area contributed by atoms with Gasteiger partial charge >= 0.3 is 0 Å². The van der Waals surface area contributed by atoms with Crippen LogP contribution in [0.4, 0.5) is 0 Å². The number of aromatic nitrogens is 6. The van der Waals surface area contributed by atoms with Gasteiger partial charge in [0.2, 0.25) is 5.91 Å². The second-order valence-electron chi connectivity index (χ2n) is 8.57. The molecule has 0 unspecified atom stereocenters. The van der Waals surface area contributed by atoms with Crippen LogP contribution in [0.15, 0.2) is 53.3 Å². The summed E-state index contributed by atoms with van der Waals surface area (Å²) in [6, 6.07) is 16.0. The summed E-state index contributed by atoms with van der Waals surface area (Å²) in [5.74, 6) is 1.26. The molecular formula is C27H31N7O2. The summed E-state index contributed by atoms with van der Waals surface area (Å²) in [5.41, 5.74) is 4.85. The number of H-pyrrole nitrogens is 1. The van der Waals surface area contributed by atoms with Gasteiger partial charge in [-0.15, -0.1) is 5.10 Å². The van der Waals surface area contributed by atoms with Crippen LogP contribution in [0.2, 0.25) is 0 Å². The van der Waals surface area contributed by atoms with Crippen LogP contribution < -0.4 is 5.56 Å². The van der Waals surface area contributed by atoms with Crippen LogP contribution in [0.5, 0.6) is 0 Å². The number of nitrogens with zero attached hydrogens (tertiary/aromatic N) is 6. The molecule has 186 valence electrons. The number of carbonyl (C=O) groups excluding carboxylic acids is 1. The van der Waals surface area contributed by atoms with Crippen molar-refractivity contribution in [2.24, 2.45) is 0 Å². The summed E-state index contributed by atoms with van der Waals surface area (Å²) in [7, 11) is 0. The van der Waals surface area contributed by atoms with Crippen molar-refractivity contribution in [3.8, 4) is 22.5 Å². The third kappa shape index (κ3) is 5.10. The molecule has 0 aliphatic heterocycles. The van der Waals surface area contributed by atoms with Crippen molar-refractivity contribution in [2.75, 3.05) is 13.1 Å². The van der Waals surface area contributed by atoms with E-state index in [-0.39, 0.29) is 17.9 Å². The number of rotatable bonds is 9. The Morgan fingerprint density at radius 3 is 2.31 bits per heavy atom. The SMILES string of the molecule is CCc1nc(C)c(CC(=O)N(CC)CC)c(=O)n1Cc1ccc(-c2ccccc2-c2nnn[nH]2)cc1. The van der Waals surface area contributed by atoms with Crippen molar-refractivity contribution < 1.29 is 4.79 Å². The van der Waals surface area contributed by atoms with E-state index in [4.69, 9.17) is 0 Å². The molecule has 0 fully saturated rings. The van der Waals surface area contributed by atoms with Gasteiger partial charge in [-0.2, -0.15) is 0 Å². The first-order valence-electron chi connectivity index (χ1n) is 12.3. The van der Waals surface area contributed by atoms with E-state index in [0.717, 1.165) is 22.3 Å². The average Bonchev–Trinajstić information content (AvgIpc) is 3.44. The Bertz CT molecular complexity index is 1390. The van der Waals surface area contributed by atoms with E-state index in [1.165, 1.54) is 0 Å². The van der Waals surface area contributed by atoms with E-state index in [1.54, 1.807) is 9.47 Å². The van der Waals surface area contributed by atoms with Gasteiger partial charge in [-0.1, -0.05) is 55.5 Å². The number of aryl methyl sites for hydroxylation is 2. The number of hydrogen-bond donors (Lipinski definition) is 1. The van der Waals surface area contributed by atoms with Crippen molar-refractivity contribution in [2.45, 2.75) is 47.1 Å². The van der Waals surface area contributed by atoms with E-state index in [9.17, 15) is 9.59 Å². The number of nitrogens with one attached hydrogen (secondary N) is 1. The molecule has 0 aliphatic rings. The Morgan fingerprint density at radius 2 is 1.69 bits per heavy atom. The second-order valence-corrected chi connectivity index (χ2v) is 8.57. The normalized spacial score (nSPS) is 11.0. The number of carbonyl (C=O) groups is 1. The number of hydrogen-bond acceptors (Lipinski definition) is 6. The molecule has 1 amide bonds. The minimum Gasteiger partial charge on any atom is -0.343 e. The number of amides is 1. The molecule has 9 nitrogen and oxygen atoms in total. The third-order valence-electron chi connectivity index (χ3n) is 6.44. The first kappa shape index (κ1) is 25.0. The molecule has 9 heteroatoms. The minimum atomic E-state index is -0.146. The Balaban J connectivity index is 1.64. The van der Waals surface area contributed by atoms with Crippen LogP contribution in [0.1, 0.15) is 43.4 Å². The molecule has 0 aliphatic carbocycles. The molecular weight excluding hydrogens is 454 g/mol. The highest BCUT2D eigenvalue weighted by Crippen LogP contribution is 2.29. The third-order valence-corrected chi connectivity index (χ3v) is 6.44. The van der Waals surface area contributed by atoms with Gasteiger partial charge in [0.25, 0.3) is 5.56 Å². The molecule has 2 aromatic carbocycles. The summed E-state index contributed by atoms with van der Waals surface area (Å²) >= 11 is 0. The Hall–Kier alpha value is -4.14. The molecule has 0 spiro atoms. The molecule has 1 N–H and O–H groups in total. The smallest absolute Gasteiger partial charge is 0.257 e. The van der Waals surface area contributed by atoms with Gasteiger partial charge < -0.3 is 4.90 Å². The van der Waals surface area contributed by atoms with Crippen LogP contribution in [0, 0.1) is 6.92 Å². The molecule has 0 saturated carbocycles. The first-order valence-corrected chi connectivity index (χ1v) is 12.3. The standard InChI is InChI=1S/C27H31N7O2/c1-5-24-28-18(4)23(16-25(35)33(6-2)7-3)27(36)34(24)17-19-12-14-20(15-13-19)21-10-8-9-11-22(21)26-29-31-32-30-26/h8-15H,5-7,16-17H2,1-4H3,(H,29,30,31,32). The number of likely N-dealkylation sites (N-methyl/N-ethyl adjacent to an activating group) is 1. The van der Waals surface area contributed by atoms with Gasteiger partial charge in [0.1, 0.15) is 5.82 Å². The van der Waals surface area contributed by atoms with Crippen molar-refractivity contribution in [3.05, 3.63) is 81.5 Å². The Kier molecular flexibility index (Phi) is 7.68. The molecule has 36 heavy (non-hydrogen) atoms. The number of tetrazole rings is 1. The monoisotopic (exact) mass is 485 g/mol. The van der Waals surface area contributed by atoms with Crippen molar-refractivity contribution in [1.29, 1.82) is 0 Å². The average molecular weight is 486 g/mol. The van der Waals surface area contributed by atoms with Crippen molar-refractivity contribution >= 4 is 5.91 Å². The zero-order valence-electron chi connectivity index (χ0n) is 21.2. The lowest BCUT2D eigenvalue weighted by Crippen LogP contribution is -2.36. The number of aromatic amines is 1. The molecule has 0 atom stereocenters. The topological polar surface area (TPSA) is 110 Å². The molecule has 2 aromatic heterocycles. The highest BCUT2D eigenvalue weighted by atomic mass is 16.2. The Labute approximate surface area is 210 Å². The van der Waals surface area contributed by atoms with Gasteiger partial charge in [0, 0.05) is 36.3 Å². The molecule has 2 heterocycles. The van der Waals surface area contributed by atoms with Crippen molar-refractivity contribution in [3.63, 3.8) is 0 Å². The van der Waals surface area contributed by atoms with E-state index < -0.39 is 0 Å². The quantitative estimate of drug-likeness (QED) is 0.389. The van der Waals surface area contributed by atoms with E-state index >= 15 is 0 Å². The molecule has 0 saturated heterocycles. The molecule has 0 bridgehead atoms. The van der Waals surface area contributed by atoms with E-state index in [2.05, 4.69) is 25.6 Å². The molecule has 4 rings (SSSR count). The fourth-order valence-electron chi connectivity index (χ4n) is 4.42. The van der Waals surface area contributed by atoms with Gasteiger partial charge in [-0.25, -0.2) is 10.1 Å². The van der Waals surface area contributed by atoms with Gasteiger partial charge in [0.15, 0.2) is 5.82 Å². The lowest BCUT2D eigenvalue weighted by atomic mass is 9.98. The molecule has 0 radical (unpaired) electrons. The summed E-state index contributed by atoms with van der Waals surface area (Å²) in [4.78, 5) is 32.7. The predicted octanol–water partition coefficient (Wildman–Crippen LogP) is 3.42. The maximum atomic E-state index is 13.5. The van der Waals surface area contributed by atoms with E-state index in [0.29, 0.717) is 49.0 Å². The van der Waals surface area contributed by atoms with Crippen LogP contribution in [-0.2, 0) is 24.2 Å². The predicted molar refractivity (Wildman–Crippen MR) is 138 cm³/mol. The summed E-state index contributed by atoms with van der Waals surface area (Å²) < 4.78 is 1.70. The zero-order chi connectivity index (χ0) is 25.7. The summed E-state index contributed by atoms with van der Waals surface area (Å²) in [6.45, 7) is 9.29. The van der Waals surface area contributed by atoms with Gasteiger partial charge in [-0.3, -0.25) is 14.2 Å². The zero-order valence-corrected chi connectivity index (χ0v) is 21.2. The summed E-state index contributed by atoms with van der Waals surface area (Å²) in [5, 5.41) is 14.2. The fraction of sp³-hybridized carbons (Fsp3) is 0.333. The lowest BCUT2D eigenvalue weighted by molar-refractivity contribution is -0.130. The minimum absolute atomic E-state index is 0.0530. The largest absolute Gasteiger partial charge is 0.343 e. The second kappa shape index (κ2) is 11.1. The summed E-state index contributed by atoms with van der Waals surface area (Å²) in [6.07, 6.45) is 0.687. The van der Waals surface area contributed by atoms with E-state index in [1.807, 2.05) is 76.2 Å². The Morgan fingerprint density at radius 1 is 1.00 bits per heavy atom. The lowest BCUT2D eigenvalue weighted by Gasteiger charge is -2.20. The van der Waals surface area contributed by atoms with Gasteiger partial charge in [-0.05, 0) is 47.9 Å². The first-order chi connectivity index (χ1) is 17.5. The van der Waals surface area contributed by atoms with Crippen LogP contribution in [-0.4, -0.2) is 54.1 Å². The van der Waals surface area contributed by atoms with Gasteiger partial charge in [0.05, 0.1) is 13.0 Å². The number of benzene rings is 2. The molecule has 4 aromatic rings. The van der Waals surface area contributed by atoms with Crippen LogP contribution in [0.3, 0.4) is 0 Å². The highest BCUT2D eigenvalue weighted by Gasteiger charge is 2.19. The maximum absolute atomic E-state index is 13.5. The van der Waals surface area contributed by atoms with Crippen LogP contribution in [0.25, 0.3) is 22.5 Å². The van der Waals surface area contributed by atoms with Crippen LogP contribution >= 0.6 is 0 Å².